The summed E-state index contributed by atoms with van der Waals surface area (Å²) in [5.41, 5.74) is 6.56. The molecule has 0 amide bonds. The lowest BCUT2D eigenvalue weighted by atomic mass is 9.89. The largest absolute Gasteiger partial charge is 0.326 e. The monoisotopic (exact) mass is 422 g/mol. The smallest absolute Gasteiger partial charge is 0.0247 e. The first-order chi connectivity index (χ1) is 14.8. The molecule has 1 rings (SSSR count). The van der Waals surface area contributed by atoms with Gasteiger partial charge in [0.05, 0.1) is 0 Å². The maximum atomic E-state index is 6.56. The van der Waals surface area contributed by atoms with Gasteiger partial charge in [-0.2, -0.15) is 0 Å². The van der Waals surface area contributed by atoms with E-state index in [1.165, 1.54) is 154 Å². The van der Waals surface area contributed by atoms with Gasteiger partial charge in [0.15, 0.2) is 0 Å². The average molecular weight is 423 g/mol. The summed E-state index contributed by atoms with van der Waals surface area (Å²) in [5.74, 6) is 0. The standard InChI is InChI=1S/C28H58N2/c1-3-5-7-9-11-13-15-17-21-25-30(28-24-20-19-23-27(28)29)26-22-18-16-14-12-10-8-6-4-2/h27-28H,3-26,29H2,1-2H3. The molecule has 0 aromatic rings. The first kappa shape index (κ1) is 28.0. The van der Waals surface area contributed by atoms with E-state index in [1.807, 2.05) is 0 Å². The SMILES string of the molecule is CCCCCCCCCCCN(CCCCCCCCCCC)C1CCCCC1N. The maximum absolute atomic E-state index is 6.56. The molecule has 2 atom stereocenters. The van der Waals surface area contributed by atoms with E-state index in [4.69, 9.17) is 5.73 Å². The molecule has 0 saturated heterocycles. The Labute approximate surface area is 191 Å². The van der Waals surface area contributed by atoms with Crippen molar-refractivity contribution in [1.82, 2.24) is 4.90 Å². The van der Waals surface area contributed by atoms with Crippen molar-refractivity contribution in [3.05, 3.63) is 0 Å². The second kappa shape index (κ2) is 20.8. The zero-order valence-corrected chi connectivity index (χ0v) is 21.1. The molecule has 0 bridgehead atoms. The van der Waals surface area contributed by atoms with Crippen molar-refractivity contribution < 1.29 is 0 Å². The number of unbranched alkanes of at least 4 members (excludes halogenated alkanes) is 16. The number of nitrogens with two attached hydrogens (primary N) is 1. The Kier molecular flexibility index (Phi) is 19.4. The van der Waals surface area contributed by atoms with Crippen LogP contribution in [-0.4, -0.2) is 30.1 Å². The van der Waals surface area contributed by atoms with Crippen LogP contribution in [-0.2, 0) is 0 Å². The van der Waals surface area contributed by atoms with Gasteiger partial charge in [0, 0.05) is 12.1 Å². The Morgan fingerprint density at radius 3 is 1.30 bits per heavy atom. The first-order valence-corrected chi connectivity index (χ1v) is 14.3. The van der Waals surface area contributed by atoms with E-state index in [9.17, 15) is 0 Å². The minimum absolute atomic E-state index is 0.427. The van der Waals surface area contributed by atoms with Gasteiger partial charge in [0.1, 0.15) is 0 Å². The van der Waals surface area contributed by atoms with E-state index in [1.54, 1.807) is 0 Å². The molecule has 2 N–H and O–H groups in total. The topological polar surface area (TPSA) is 29.3 Å². The highest BCUT2D eigenvalue weighted by Crippen LogP contribution is 2.23. The third-order valence-corrected chi connectivity index (χ3v) is 7.35. The predicted molar refractivity (Wildman–Crippen MR) is 136 cm³/mol. The van der Waals surface area contributed by atoms with E-state index in [2.05, 4.69) is 18.7 Å². The highest BCUT2D eigenvalue weighted by molar-refractivity contribution is 4.86. The summed E-state index contributed by atoms with van der Waals surface area (Å²) >= 11 is 0. The van der Waals surface area contributed by atoms with Gasteiger partial charge in [0.2, 0.25) is 0 Å². The molecule has 180 valence electrons. The second-order valence-corrected chi connectivity index (χ2v) is 10.2. The van der Waals surface area contributed by atoms with Crippen LogP contribution in [0.25, 0.3) is 0 Å². The fourth-order valence-corrected chi connectivity index (χ4v) is 5.29. The van der Waals surface area contributed by atoms with Gasteiger partial charge < -0.3 is 5.73 Å². The van der Waals surface area contributed by atoms with E-state index >= 15 is 0 Å². The molecule has 1 fully saturated rings. The third kappa shape index (κ3) is 14.8. The van der Waals surface area contributed by atoms with Crippen molar-refractivity contribution in [2.75, 3.05) is 13.1 Å². The van der Waals surface area contributed by atoms with Crippen molar-refractivity contribution >= 4 is 0 Å². The van der Waals surface area contributed by atoms with Gasteiger partial charge in [0.25, 0.3) is 0 Å². The minimum Gasteiger partial charge on any atom is -0.326 e. The number of nitrogens with zero attached hydrogens (tertiary/aromatic N) is 1. The van der Waals surface area contributed by atoms with Gasteiger partial charge in [-0.05, 0) is 38.8 Å². The lowest BCUT2D eigenvalue weighted by molar-refractivity contribution is 0.132. The molecule has 0 aliphatic heterocycles. The maximum Gasteiger partial charge on any atom is 0.0247 e. The van der Waals surface area contributed by atoms with E-state index in [-0.39, 0.29) is 0 Å². The molecular formula is C28H58N2. The number of rotatable bonds is 21. The Balaban J connectivity index is 2.16. The van der Waals surface area contributed by atoms with Gasteiger partial charge >= 0.3 is 0 Å². The van der Waals surface area contributed by atoms with E-state index < -0.39 is 0 Å². The first-order valence-electron chi connectivity index (χ1n) is 14.3. The fraction of sp³-hybridized carbons (Fsp3) is 1.00. The van der Waals surface area contributed by atoms with Gasteiger partial charge in [-0.3, -0.25) is 4.90 Å². The molecule has 2 heteroatoms. The molecule has 0 aromatic carbocycles. The van der Waals surface area contributed by atoms with E-state index in [0.29, 0.717) is 12.1 Å². The zero-order valence-electron chi connectivity index (χ0n) is 21.1. The van der Waals surface area contributed by atoms with Crippen molar-refractivity contribution in [3.8, 4) is 0 Å². The van der Waals surface area contributed by atoms with Crippen molar-refractivity contribution in [3.63, 3.8) is 0 Å². The van der Waals surface area contributed by atoms with Crippen LogP contribution in [0.15, 0.2) is 0 Å². The summed E-state index contributed by atoms with van der Waals surface area (Å²) in [6.07, 6.45) is 31.0. The zero-order chi connectivity index (χ0) is 21.7. The van der Waals surface area contributed by atoms with Crippen LogP contribution in [0, 0.1) is 0 Å². The summed E-state index contributed by atoms with van der Waals surface area (Å²) in [4.78, 5) is 2.81. The molecule has 0 radical (unpaired) electrons. The van der Waals surface area contributed by atoms with Crippen molar-refractivity contribution in [2.24, 2.45) is 5.73 Å². The predicted octanol–water partition coefficient (Wildman–Crippen LogP) is 8.62. The van der Waals surface area contributed by atoms with Crippen LogP contribution in [0.3, 0.4) is 0 Å². The van der Waals surface area contributed by atoms with Crippen LogP contribution in [0.5, 0.6) is 0 Å². The Morgan fingerprint density at radius 2 is 0.900 bits per heavy atom. The lowest BCUT2D eigenvalue weighted by Crippen LogP contribution is -2.50. The Hall–Kier alpha value is -0.0800. The summed E-state index contributed by atoms with van der Waals surface area (Å²) in [7, 11) is 0. The molecule has 2 nitrogen and oxygen atoms in total. The molecule has 1 saturated carbocycles. The number of hydrogen-bond donors (Lipinski definition) is 1. The normalized spacial score (nSPS) is 19.6. The summed E-state index contributed by atoms with van der Waals surface area (Å²) < 4.78 is 0. The summed E-state index contributed by atoms with van der Waals surface area (Å²) in [6.45, 7) is 7.20. The molecule has 1 aliphatic rings. The number of hydrogen-bond acceptors (Lipinski definition) is 2. The van der Waals surface area contributed by atoms with Gasteiger partial charge in [-0.25, -0.2) is 0 Å². The summed E-state index contributed by atoms with van der Waals surface area (Å²) in [5, 5.41) is 0. The lowest BCUT2D eigenvalue weighted by Gasteiger charge is -2.38. The van der Waals surface area contributed by atoms with Crippen LogP contribution in [0.4, 0.5) is 0 Å². The van der Waals surface area contributed by atoms with Crippen molar-refractivity contribution in [1.29, 1.82) is 0 Å². The summed E-state index contributed by atoms with van der Waals surface area (Å²) in [6, 6.07) is 1.10. The van der Waals surface area contributed by atoms with Gasteiger partial charge in [-0.1, -0.05) is 129 Å². The van der Waals surface area contributed by atoms with Crippen LogP contribution < -0.4 is 5.73 Å². The van der Waals surface area contributed by atoms with Crippen LogP contribution >= 0.6 is 0 Å². The van der Waals surface area contributed by atoms with Gasteiger partial charge in [-0.15, -0.1) is 0 Å². The molecule has 2 unspecified atom stereocenters. The highest BCUT2D eigenvalue weighted by atomic mass is 15.2. The quantitative estimate of drug-likeness (QED) is 0.188. The minimum atomic E-state index is 0.427. The van der Waals surface area contributed by atoms with Crippen molar-refractivity contribution in [2.45, 2.75) is 167 Å². The van der Waals surface area contributed by atoms with Crippen LogP contribution in [0.1, 0.15) is 155 Å². The average Bonchev–Trinajstić information content (AvgIpc) is 2.76. The highest BCUT2D eigenvalue weighted by Gasteiger charge is 2.26. The third-order valence-electron chi connectivity index (χ3n) is 7.35. The molecule has 1 aliphatic carbocycles. The molecule has 30 heavy (non-hydrogen) atoms. The Bertz CT molecular complexity index is 322. The molecule has 0 spiro atoms. The Morgan fingerprint density at radius 1 is 0.533 bits per heavy atom. The van der Waals surface area contributed by atoms with Crippen LogP contribution in [0.2, 0.25) is 0 Å². The second-order valence-electron chi connectivity index (χ2n) is 10.2. The van der Waals surface area contributed by atoms with E-state index in [0.717, 1.165) is 0 Å². The fourth-order valence-electron chi connectivity index (χ4n) is 5.29. The molecule has 0 heterocycles. The molecule has 0 aromatic heterocycles. The molecular weight excluding hydrogens is 364 g/mol.